The van der Waals surface area contributed by atoms with Crippen LogP contribution in [0.25, 0.3) is 0 Å². The normalized spacial score (nSPS) is 18.4. The van der Waals surface area contributed by atoms with E-state index in [9.17, 15) is 23.1 Å². The topological polar surface area (TPSA) is 40.5 Å². The van der Waals surface area contributed by atoms with Gasteiger partial charge in [-0.2, -0.15) is 13.2 Å². The van der Waals surface area contributed by atoms with Gasteiger partial charge in [0, 0.05) is 6.54 Å². The minimum absolute atomic E-state index is 0.127. The Kier molecular flexibility index (Phi) is 4.88. The van der Waals surface area contributed by atoms with Gasteiger partial charge in [0.25, 0.3) is 0 Å². The molecule has 0 aliphatic carbocycles. The zero-order chi connectivity index (χ0) is 15.5. The van der Waals surface area contributed by atoms with Crippen molar-refractivity contribution in [3.05, 3.63) is 35.4 Å². The van der Waals surface area contributed by atoms with Crippen LogP contribution in [0.1, 0.15) is 36.3 Å². The van der Waals surface area contributed by atoms with Crippen LogP contribution < -0.4 is 0 Å². The van der Waals surface area contributed by atoms with Gasteiger partial charge in [-0.25, -0.2) is 0 Å². The third kappa shape index (κ3) is 3.97. The maximum Gasteiger partial charge on any atom is 0.416 e. The number of carboxylic acid groups (broad SMARTS) is 1. The van der Waals surface area contributed by atoms with Crippen LogP contribution >= 0.6 is 0 Å². The first-order valence-corrected chi connectivity index (χ1v) is 7.01. The van der Waals surface area contributed by atoms with Crippen LogP contribution in [0.4, 0.5) is 13.2 Å². The summed E-state index contributed by atoms with van der Waals surface area (Å²) in [7, 11) is 0. The molecule has 0 amide bonds. The van der Waals surface area contributed by atoms with Crippen LogP contribution in [0.2, 0.25) is 0 Å². The van der Waals surface area contributed by atoms with E-state index in [0.717, 1.165) is 38.4 Å². The molecule has 21 heavy (non-hydrogen) atoms. The number of rotatable bonds is 4. The van der Waals surface area contributed by atoms with E-state index in [2.05, 4.69) is 0 Å². The predicted octanol–water partition coefficient (Wildman–Crippen LogP) is 3.36. The van der Waals surface area contributed by atoms with Crippen molar-refractivity contribution in [3.63, 3.8) is 0 Å². The molecule has 1 aliphatic heterocycles. The highest BCUT2D eigenvalue weighted by Crippen LogP contribution is 2.35. The van der Waals surface area contributed by atoms with Gasteiger partial charge in [0.15, 0.2) is 0 Å². The monoisotopic (exact) mass is 301 g/mol. The summed E-state index contributed by atoms with van der Waals surface area (Å²) in [6.45, 7) is 1.62. The van der Waals surface area contributed by atoms with Gasteiger partial charge in [0.1, 0.15) is 0 Å². The van der Waals surface area contributed by atoms with Crippen molar-refractivity contribution in [2.45, 2.75) is 31.4 Å². The smallest absolute Gasteiger partial charge is 0.416 e. The molecule has 1 atom stereocenters. The summed E-state index contributed by atoms with van der Waals surface area (Å²) in [5, 5.41) is 9.35. The van der Waals surface area contributed by atoms with Crippen LogP contribution in [0.15, 0.2) is 24.3 Å². The molecule has 1 aromatic carbocycles. The zero-order valence-electron chi connectivity index (χ0n) is 11.6. The molecule has 1 aliphatic rings. The lowest BCUT2D eigenvalue weighted by molar-refractivity contribution is -0.142. The maximum absolute atomic E-state index is 13.0. The maximum atomic E-state index is 13.0. The van der Waals surface area contributed by atoms with Crippen molar-refractivity contribution in [1.29, 1.82) is 0 Å². The van der Waals surface area contributed by atoms with E-state index in [4.69, 9.17) is 0 Å². The highest BCUT2D eigenvalue weighted by Gasteiger charge is 2.37. The molecule has 1 unspecified atom stereocenters. The molecule has 1 aromatic rings. The molecule has 1 N–H and O–H groups in total. The Morgan fingerprint density at radius 2 is 1.81 bits per heavy atom. The van der Waals surface area contributed by atoms with E-state index in [1.807, 2.05) is 4.90 Å². The number of aliphatic carboxylic acids is 1. The second-order valence-electron chi connectivity index (χ2n) is 5.34. The van der Waals surface area contributed by atoms with E-state index in [1.165, 1.54) is 18.2 Å². The Labute approximate surface area is 121 Å². The Balaban J connectivity index is 2.28. The van der Waals surface area contributed by atoms with Crippen molar-refractivity contribution in [2.24, 2.45) is 0 Å². The van der Waals surface area contributed by atoms with Gasteiger partial charge in [-0.15, -0.1) is 0 Å². The molecular weight excluding hydrogens is 283 g/mol. The van der Waals surface area contributed by atoms with E-state index in [0.29, 0.717) is 0 Å². The first-order valence-electron chi connectivity index (χ1n) is 7.01. The number of hydrogen-bond acceptors (Lipinski definition) is 2. The number of hydrogen-bond donors (Lipinski definition) is 1. The summed E-state index contributed by atoms with van der Waals surface area (Å²) in [6, 6.07) is 4.95. The number of nitrogens with zero attached hydrogens (tertiary/aromatic N) is 1. The SMILES string of the molecule is O=C(O)C(CN1CCCCC1)c1ccccc1C(F)(F)F. The molecule has 0 spiro atoms. The molecule has 0 radical (unpaired) electrons. The van der Waals surface area contributed by atoms with Crippen LogP contribution in [0, 0.1) is 0 Å². The van der Waals surface area contributed by atoms with Crippen LogP contribution in [0.5, 0.6) is 0 Å². The molecule has 0 saturated carbocycles. The minimum Gasteiger partial charge on any atom is -0.481 e. The third-order valence-corrected chi connectivity index (χ3v) is 3.83. The third-order valence-electron chi connectivity index (χ3n) is 3.83. The number of piperidine rings is 1. The lowest BCUT2D eigenvalue weighted by atomic mass is 9.92. The average molecular weight is 301 g/mol. The second kappa shape index (κ2) is 6.47. The van der Waals surface area contributed by atoms with E-state index < -0.39 is 23.6 Å². The van der Waals surface area contributed by atoms with E-state index in [1.54, 1.807) is 0 Å². The molecule has 6 heteroatoms. The van der Waals surface area contributed by atoms with Crippen molar-refractivity contribution < 1.29 is 23.1 Å². The summed E-state index contributed by atoms with van der Waals surface area (Å²) in [5.74, 6) is -2.36. The Bertz CT molecular complexity index is 496. The van der Waals surface area contributed by atoms with Gasteiger partial charge in [-0.3, -0.25) is 4.79 Å². The van der Waals surface area contributed by atoms with Crippen LogP contribution in [-0.2, 0) is 11.0 Å². The van der Waals surface area contributed by atoms with Crippen molar-refractivity contribution >= 4 is 5.97 Å². The Morgan fingerprint density at radius 1 is 1.19 bits per heavy atom. The first-order chi connectivity index (χ1) is 9.89. The van der Waals surface area contributed by atoms with Gasteiger partial charge in [0.05, 0.1) is 11.5 Å². The molecule has 116 valence electrons. The fraction of sp³-hybridized carbons (Fsp3) is 0.533. The number of alkyl halides is 3. The molecule has 1 heterocycles. The number of carbonyl (C=O) groups is 1. The fourth-order valence-electron chi connectivity index (χ4n) is 2.77. The Hall–Kier alpha value is -1.56. The first kappa shape index (κ1) is 15.8. The molecule has 0 bridgehead atoms. The number of halogens is 3. The summed E-state index contributed by atoms with van der Waals surface area (Å²) in [5.41, 5.74) is -1.00. The summed E-state index contributed by atoms with van der Waals surface area (Å²) in [4.78, 5) is 13.4. The predicted molar refractivity (Wildman–Crippen MR) is 72.1 cm³/mol. The second-order valence-corrected chi connectivity index (χ2v) is 5.34. The minimum atomic E-state index is -4.54. The molecule has 1 saturated heterocycles. The standard InChI is InChI=1S/C15H18F3NO2/c16-15(17,18)13-7-3-2-6-11(13)12(14(20)21)10-19-8-4-1-5-9-19/h2-3,6-7,12H,1,4-5,8-10H2,(H,20,21). The zero-order valence-corrected chi connectivity index (χ0v) is 11.6. The van der Waals surface area contributed by atoms with Crippen LogP contribution in [-0.4, -0.2) is 35.6 Å². The molecule has 1 fully saturated rings. The number of carboxylic acids is 1. The van der Waals surface area contributed by atoms with E-state index >= 15 is 0 Å². The summed E-state index contributed by atoms with van der Waals surface area (Å²) in [6.07, 6.45) is -1.51. The average Bonchev–Trinajstić information content (AvgIpc) is 2.45. The largest absolute Gasteiger partial charge is 0.481 e. The van der Waals surface area contributed by atoms with Gasteiger partial charge in [0.2, 0.25) is 0 Å². The molecule has 0 aromatic heterocycles. The van der Waals surface area contributed by atoms with Crippen molar-refractivity contribution in [1.82, 2.24) is 4.90 Å². The van der Waals surface area contributed by atoms with E-state index in [-0.39, 0.29) is 12.1 Å². The van der Waals surface area contributed by atoms with Gasteiger partial charge < -0.3 is 10.0 Å². The fourth-order valence-corrected chi connectivity index (χ4v) is 2.77. The molecule has 3 nitrogen and oxygen atoms in total. The van der Waals surface area contributed by atoms with Crippen molar-refractivity contribution in [2.75, 3.05) is 19.6 Å². The highest BCUT2D eigenvalue weighted by molar-refractivity contribution is 5.77. The lowest BCUT2D eigenvalue weighted by Gasteiger charge is -2.29. The summed E-state index contributed by atoms with van der Waals surface area (Å²) >= 11 is 0. The molecule has 2 rings (SSSR count). The van der Waals surface area contributed by atoms with Gasteiger partial charge in [-0.1, -0.05) is 24.6 Å². The highest BCUT2D eigenvalue weighted by atomic mass is 19.4. The lowest BCUT2D eigenvalue weighted by Crippen LogP contribution is -2.36. The summed E-state index contributed by atoms with van der Waals surface area (Å²) < 4.78 is 39.1. The number of likely N-dealkylation sites (tertiary alicyclic amines) is 1. The quantitative estimate of drug-likeness (QED) is 0.927. The Morgan fingerprint density at radius 3 is 2.38 bits per heavy atom. The van der Waals surface area contributed by atoms with Gasteiger partial charge in [-0.05, 0) is 37.6 Å². The van der Waals surface area contributed by atoms with Gasteiger partial charge >= 0.3 is 12.1 Å². The number of benzene rings is 1. The van der Waals surface area contributed by atoms with Crippen LogP contribution in [0.3, 0.4) is 0 Å². The molecular formula is C15H18F3NO2. The van der Waals surface area contributed by atoms with Crippen molar-refractivity contribution in [3.8, 4) is 0 Å².